The van der Waals surface area contributed by atoms with Crippen LogP contribution in [0.25, 0.3) is 0 Å². The summed E-state index contributed by atoms with van der Waals surface area (Å²) in [5.74, 6) is 1.48. The quantitative estimate of drug-likeness (QED) is 0.270. The van der Waals surface area contributed by atoms with Gasteiger partial charge >= 0.3 is 0 Å². The first kappa shape index (κ1) is 22.1. The summed E-state index contributed by atoms with van der Waals surface area (Å²) in [6.45, 7) is 2.01. The van der Waals surface area contributed by atoms with E-state index in [1.807, 2.05) is 25.1 Å². The number of alkyl halides is 1. The summed E-state index contributed by atoms with van der Waals surface area (Å²) in [5.41, 5.74) is 2.26. The minimum Gasteiger partial charge on any atom is -0.496 e. The lowest BCUT2D eigenvalue weighted by atomic mass is 10.1. The third-order valence-electron chi connectivity index (χ3n) is 4.66. The van der Waals surface area contributed by atoms with Gasteiger partial charge in [0.1, 0.15) is 5.75 Å². The van der Waals surface area contributed by atoms with Crippen molar-refractivity contribution in [3.63, 3.8) is 0 Å². The van der Waals surface area contributed by atoms with Gasteiger partial charge in [0.05, 0.1) is 7.11 Å². The summed E-state index contributed by atoms with van der Waals surface area (Å²) >= 11 is 5.65. The van der Waals surface area contributed by atoms with Crippen LogP contribution < -0.4 is 20.7 Å². The van der Waals surface area contributed by atoms with Crippen molar-refractivity contribution in [1.29, 1.82) is 0 Å². The van der Waals surface area contributed by atoms with Gasteiger partial charge in [0.15, 0.2) is 0 Å². The van der Waals surface area contributed by atoms with Crippen molar-refractivity contribution in [3.05, 3.63) is 120 Å². The molecule has 3 heteroatoms. The predicted molar refractivity (Wildman–Crippen MR) is 132 cm³/mol. The third kappa shape index (κ3) is 5.95. The van der Waals surface area contributed by atoms with Crippen molar-refractivity contribution in [1.82, 2.24) is 0 Å². The molecule has 0 atom stereocenters. The Hall–Kier alpha value is -2.60. The lowest BCUT2D eigenvalue weighted by molar-refractivity contribution is 0.411. The van der Waals surface area contributed by atoms with Gasteiger partial charge in [-0.15, -0.1) is 11.6 Å². The standard InChI is InChI=1S/C18H15P.C9H11ClO/c1-4-10-16(11-5-1)19(17-12-6-2-7-13-17)18-14-8-3-9-15-18;1-7-5-8(6-10)3-4-9(7)11-2/h1-15H;3-5H,6H2,1-2H3. The Labute approximate surface area is 186 Å². The highest BCUT2D eigenvalue weighted by Crippen LogP contribution is 2.32. The number of halogens is 1. The van der Waals surface area contributed by atoms with Crippen molar-refractivity contribution in [2.75, 3.05) is 7.11 Å². The molecule has 1 nitrogen and oxygen atoms in total. The molecular formula is C27H26ClOP. The van der Waals surface area contributed by atoms with E-state index in [9.17, 15) is 0 Å². The lowest BCUT2D eigenvalue weighted by Gasteiger charge is -2.18. The highest BCUT2D eigenvalue weighted by molar-refractivity contribution is 7.79. The largest absolute Gasteiger partial charge is 0.496 e. The number of benzene rings is 4. The lowest BCUT2D eigenvalue weighted by Crippen LogP contribution is -2.20. The van der Waals surface area contributed by atoms with Gasteiger partial charge in [0, 0.05) is 5.88 Å². The Morgan fingerprint density at radius 3 is 1.43 bits per heavy atom. The van der Waals surface area contributed by atoms with Gasteiger partial charge in [-0.2, -0.15) is 0 Å². The van der Waals surface area contributed by atoms with E-state index in [0.29, 0.717) is 5.88 Å². The molecule has 4 rings (SSSR count). The maximum absolute atomic E-state index is 5.65. The highest BCUT2D eigenvalue weighted by Gasteiger charge is 2.14. The fourth-order valence-corrected chi connectivity index (χ4v) is 5.67. The Bertz CT molecular complexity index is 927. The SMILES string of the molecule is COc1ccc(CCl)cc1C.c1ccc(P(c2ccccc2)c2ccccc2)cc1. The molecule has 0 N–H and O–H groups in total. The summed E-state index contributed by atoms with van der Waals surface area (Å²) in [4.78, 5) is 0. The monoisotopic (exact) mass is 432 g/mol. The fraction of sp³-hybridized carbons (Fsp3) is 0.111. The zero-order valence-corrected chi connectivity index (χ0v) is 19.0. The van der Waals surface area contributed by atoms with E-state index >= 15 is 0 Å². The molecule has 0 amide bonds. The van der Waals surface area contributed by atoms with Crippen LogP contribution in [0.2, 0.25) is 0 Å². The number of ether oxygens (including phenoxy) is 1. The van der Waals surface area contributed by atoms with Crippen LogP contribution in [0, 0.1) is 6.92 Å². The van der Waals surface area contributed by atoms with Crippen molar-refractivity contribution >= 4 is 35.4 Å². The second kappa shape index (κ2) is 11.6. The third-order valence-corrected chi connectivity index (χ3v) is 7.41. The van der Waals surface area contributed by atoms with E-state index in [1.54, 1.807) is 7.11 Å². The van der Waals surface area contributed by atoms with Crippen LogP contribution in [0.4, 0.5) is 0 Å². The molecule has 0 aromatic heterocycles. The Morgan fingerprint density at radius 2 is 1.10 bits per heavy atom. The molecule has 0 saturated carbocycles. The molecule has 30 heavy (non-hydrogen) atoms. The number of rotatable bonds is 5. The van der Waals surface area contributed by atoms with Gasteiger partial charge in [-0.25, -0.2) is 0 Å². The summed E-state index contributed by atoms with van der Waals surface area (Å²) in [6.07, 6.45) is 0. The van der Waals surface area contributed by atoms with Crippen LogP contribution in [-0.4, -0.2) is 7.11 Å². The van der Waals surface area contributed by atoms with Crippen LogP contribution in [0.3, 0.4) is 0 Å². The molecule has 0 aliphatic heterocycles. The highest BCUT2D eigenvalue weighted by atomic mass is 35.5. The van der Waals surface area contributed by atoms with E-state index < -0.39 is 7.92 Å². The van der Waals surface area contributed by atoms with Gasteiger partial charge in [0.2, 0.25) is 0 Å². The van der Waals surface area contributed by atoms with Crippen LogP contribution >= 0.6 is 19.5 Å². The normalized spacial score (nSPS) is 10.3. The average molecular weight is 433 g/mol. The van der Waals surface area contributed by atoms with Crippen molar-refractivity contribution in [3.8, 4) is 5.75 Å². The molecule has 0 heterocycles. The maximum atomic E-state index is 5.65. The molecule has 0 saturated heterocycles. The fourth-order valence-electron chi connectivity index (χ4n) is 3.20. The maximum Gasteiger partial charge on any atom is 0.121 e. The first-order valence-corrected chi connectivity index (χ1v) is 11.8. The predicted octanol–water partition coefficient (Wildman–Crippen LogP) is 6.19. The molecule has 4 aromatic rings. The molecule has 0 aliphatic carbocycles. The van der Waals surface area contributed by atoms with Crippen LogP contribution in [0.15, 0.2) is 109 Å². The average Bonchev–Trinajstić information content (AvgIpc) is 2.82. The number of hydrogen-bond acceptors (Lipinski definition) is 1. The van der Waals surface area contributed by atoms with Crippen LogP contribution in [-0.2, 0) is 5.88 Å². The first-order valence-electron chi connectivity index (χ1n) is 9.87. The zero-order valence-electron chi connectivity index (χ0n) is 17.3. The Morgan fingerprint density at radius 1 is 0.667 bits per heavy atom. The second-order valence-electron chi connectivity index (χ2n) is 6.78. The summed E-state index contributed by atoms with van der Waals surface area (Å²) in [6, 6.07) is 38.3. The van der Waals surface area contributed by atoms with E-state index in [2.05, 4.69) is 91.0 Å². The first-order chi connectivity index (χ1) is 14.7. The molecule has 0 spiro atoms. The van der Waals surface area contributed by atoms with E-state index in [0.717, 1.165) is 16.9 Å². The molecule has 152 valence electrons. The molecule has 0 aliphatic rings. The summed E-state index contributed by atoms with van der Waals surface area (Å²) in [7, 11) is 1.22. The molecule has 0 bridgehead atoms. The number of aryl methyl sites for hydroxylation is 1. The van der Waals surface area contributed by atoms with Crippen molar-refractivity contribution in [2.24, 2.45) is 0 Å². The second-order valence-corrected chi connectivity index (χ2v) is 9.27. The Kier molecular flexibility index (Phi) is 8.51. The molecule has 0 fully saturated rings. The van der Waals surface area contributed by atoms with Gasteiger partial charge in [-0.3, -0.25) is 0 Å². The van der Waals surface area contributed by atoms with Gasteiger partial charge in [0.25, 0.3) is 0 Å². The van der Waals surface area contributed by atoms with Crippen LogP contribution in [0.5, 0.6) is 5.75 Å². The Balaban J connectivity index is 0.000000199. The van der Waals surface area contributed by atoms with Crippen LogP contribution in [0.1, 0.15) is 11.1 Å². The molecule has 0 unspecified atom stereocenters. The van der Waals surface area contributed by atoms with Crippen molar-refractivity contribution in [2.45, 2.75) is 12.8 Å². The van der Waals surface area contributed by atoms with E-state index in [4.69, 9.17) is 16.3 Å². The van der Waals surface area contributed by atoms with E-state index in [1.165, 1.54) is 15.9 Å². The summed E-state index contributed by atoms with van der Waals surface area (Å²) < 4.78 is 5.10. The molecule has 4 aromatic carbocycles. The van der Waals surface area contributed by atoms with Gasteiger partial charge in [-0.05, 0) is 48.0 Å². The smallest absolute Gasteiger partial charge is 0.121 e. The summed E-state index contributed by atoms with van der Waals surface area (Å²) in [5, 5.41) is 4.19. The topological polar surface area (TPSA) is 9.23 Å². The van der Waals surface area contributed by atoms with Gasteiger partial charge in [-0.1, -0.05) is 103 Å². The zero-order chi connectivity index (χ0) is 21.2. The van der Waals surface area contributed by atoms with Gasteiger partial charge < -0.3 is 4.74 Å². The minimum atomic E-state index is -0.446. The number of hydrogen-bond donors (Lipinski definition) is 0. The van der Waals surface area contributed by atoms with Crippen molar-refractivity contribution < 1.29 is 4.74 Å². The molecule has 0 radical (unpaired) electrons. The minimum absolute atomic E-state index is 0.446. The number of methoxy groups -OCH3 is 1. The molecular weight excluding hydrogens is 407 g/mol. The van der Waals surface area contributed by atoms with E-state index in [-0.39, 0.29) is 0 Å².